The summed E-state index contributed by atoms with van der Waals surface area (Å²) in [5, 5.41) is 0. The first-order valence-corrected chi connectivity index (χ1v) is 4.12. The minimum Gasteiger partial charge on any atom is -0.330 e. The van der Waals surface area contributed by atoms with Crippen LogP contribution in [0, 0.1) is 5.92 Å². The van der Waals surface area contributed by atoms with Crippen LogP contribution in [-0.2, 0) is 0 Å². The van der Waals surface area contributed by atoms with Crippen LogP contribution in [0.2, 0.25) is 0 Å². The van der Waals surface area contributed by atoms with Crippen molar-refractivity contribution in [2.24, 2.45) is 17.4 Å². The lowest BCUT2D eigenvalue weighted by molar-refractivity contribution is 0.487. The van der Waals surface area contributed by atoms with Crippen molar-refractivity contribution in [1.82, 2.24) is 0 Å². The first kappa shape index (κ1) is 9.92. The van der Waals surface area contributed by atoms with Gasteiger partial charge in [0.15, 0.2) is 0 Å². The molecule has 0 aromatic carbocycles. The molecule has 0 aliphatic rings. The smallest absolute Gasteiger partial charge is 0.00104 e. The van der Waals surface area contributed by atoms with Gasteiger partial charge in [-0.15, -0.1) is 0 Å². The maximum absolute atomic E-state index is 5.59. The maximum Gasteiger partial charge on any atom is 0.00104 e. The van der Waals surface area contributed by atoms with Crippen molar-refractivity contribution in [3.05, 3.63) is 0 Å². The lowest BCUT2D eigenvalue weighted by Crippen LogP contribution is -2.16. The van der Waals surface area contributed by atoms with Gasteiger partial charge in [0.05, 0.1) is 0 Å². The second-order valence-electron chi connectivity index (χ2n) is 3.25. The Kier molecular flexibility index (Phi) is 5.64. The Hall–Kier alpha value is -0.0800. The van der Waals surface area contributed by atoms with E-state index in [-0.39, 0.29) is 0 Å². The molecule has 0 aromatic rings. The topological polar surface area (TPSA) is 52.0 Å². The number of hydrogen-bond donors (Lipinski definition) is 2. The van der Waals surface area contributed by atoms with Crippen LogP contribution in [0.3, 0.4) is 0 Å². The summed E-state index contributed by atoms with van der Waals surface area (Å²) < 4.78 is 0. The predicted octanol–water partition coefficient (Wildman–Crippen LogP) is 1.10. The third-order valence-electron chi connectivity index (χ3n) is 1.76. The minimum atomic E-state index is 0.352. The van der Waals surface area contributed by atoms with Gasteiger partial charge in [0, 0.05) is 6.04 Å². The molecule has 0 aliphatic carbocycles. The van der Waals surface area contributed by atoms with Gasteiger partial charge in [-0.25, -0.2) is 0 Å². The number of rotatable bonds is 5. The van der Waals surface area contributed by atoms with Crippen molar-refractivity contribution in [1.29, 1.82) is 0 Å². The minimum absolute atomic E-state index is 0.352. The normalized spacial score (nSPS) is 16.8. The van der Waals surface area contributed by atoms with E-state index in [4.69, 9.17) is 11.5 Å². The SMILES string of the molecule is CC(N)CCCC(C)CN. The van der Waals surface area contributed by atoms with Crippen LogP contribution < -0.4 is 11.5 Å². The Morgan fingerprint density at radius 1 is 1.20 bits per heavy atom. The van der Waals surface area contributed by atoms with Crippen LogP contribution in [0.15, 0.2) is 0 Å². The van der Waals surface area contributed by atoms with Crippen molar-refractivity contribution < 1.29 is 0 Å². The summed E-state index contributed by atoms with van der Waals surface area (Å²) in [6.07, 6.45) is 3.57. The van der Waals surface area contributed by atoms with E-state index in [0.717, 1.165) is 13.0 Å². The standard InChI is InChI=1S/C8H20N2/c1-7(6-9)4-3-5-8(2)10/h7-8H,3-6,9-10H2,1-2H3. The van der Waals surface area contributed by atoms with E-state index in [9.17, 15) is 0 Å². The lowest BCUT2D eigenvalue weighted by Gasteiger charge is -2.08. The molecule has 0 radical (unpaired) electrons. The Morgan fingerprint density at radius 2 is 1.80 bits per heavy atom. The quantitative estimate of drug-likeness (QED) is 0.607. The molecular weight excluding hydrogens is 124 g/mol. The molecule has 2 unspecified atom stereocenters. The Bertz CT molecular complexity index is 71.7. The van der Waals surface area contributed by atoms with Gasteiger partial charge in [-0.3, -0.25) is 0 Å². The highest BCUT2D eigenvalue weighted by molar-refractivity contribution is 4.57. The Labute approximate surface area is 64.0 Å². The summed E-state index contributed by atoms with van der Waals surface area (Å²) in [6.45, 7) is 5.03. The van der Waals surface area contributed by atoms with Gasteiger partial charge >= 0.3 is 0 Å². The molecule has 0 aliphatic heterocycles. The summed E-state index contributed by atoms with van der Waals surface area (Å²) in [4.78, 5) is 0. The van der Waals surface area contributed by atoms with Gasteiger partial charge in [0.1, 0.15) is 0 Å². The van der Waals surface area contributed by atoms with Gasteiger partial charge in [0.2, 0.25) is 0 Å². The first-order valence-electron chi connectivity index (χ1n) is 4.12. The van der Waals surface area contributed by atoms with Crippen molar-refractivity contribution in [2.45, 2.75) is 39.2 Å². The van der Waals surface area contributed by atoms with E-state index < -0.39 is 0 Å². The van der Waals surface area contributed by atoms with Crippen LogP contribution >= 0.6 is 0 Å². The molecule has 4 N–H and O–H groups in total. The van der Waals surface area contributed by atoms with E-state index in [1.165, 1.54) is 12.8 Å². The molecule has 0 heterocycles. The molecule has 0 saturated carbocycles. The van der Waals surface area contributed by atoms with Crippen LogP contribution in [0.1, 0.15) is 33.1 Å². The molecule has 0 fully saturated rings. The van der Waals surface area contributed by atoms with Gasteiger partial charge in [-0.2, -0.15) is 0 Å². The molecule has 0 amide bonds. The largest absolute Gasteiger partial charge is 0.330 e. The van der Waals surface area contributed by atoms with Gasteiger partial charge in [-0.1, -0.05) is 13.3 Å². The van der Waals surface area contributed by atoms with Crippen LogP contribution in [0.5, 0.6) is 0 Å². The van der Waals surface area contributed by atoms with Crippen molar-refractivity contribution in [3.8, 4) is 0 Å². The highest BCUT2D eigenvalue weighted by Gasteiger charge is 1.99. The zero-order valence-corrected chi connectivity index (χ0v) is 7.14. The molecule has 0 saturated heterocycles. The molecule has 0 rings (SSSR count). The van der Waals surface area contributed by atoms with Crippen molar-refractivity contribution in [2.75, 3.05) is 6.54 Å². The van der Waals surface area contributed by atoms with E-state index in [0.29, 0.717) is 12.0 Å². The summed E-state index contributed by atoms with van der Waals surface area (Å²) in [6, 6.07) is 0.352. The molecule has 2 atom stereocenters. The molecule has 0 bridgehead atoms. The molecule has 0 spiro atoms. The zero-order chi connectivity index (χ0) is 7.98. The fourth-order valence-electron chi connectivity index (χ4n) is 0.906. The highest BCUT2D eigenvalue weighted by Crippen LogP contribution is 2.06. The first-order chi connectivity index (χ1) is 4.66. The second-order valence-corrected chi connectivity index (χ2v) is 3.25. The predicted molar refractivity (Wildman–Crippen MR) is 45.7 cm³/mol. The third-order valence-corrected chi connectivity index (χ3v) is 1.76. The Morgan fingerprint density at radius 3 is 2.20 bits per heavy atom. The molecule has 2 heteroatoms. The fraction of sp³-hybridized carbons (Fsp3) is 1.00. The van der Waals surface area contributed by atoms with Crippen LogP contribution in [0.4, 0.5) is 0 Å². The second kappa shape index (κ2) is 5.69. The van der Waals surface area contributed by atoms with Crippen molar-refractivity contribution >= 4 is 0 Å². The summed E-state index contributed by atoms with van der Waals surface area (Å²) in [7, 11) is 0. The molecule has 0 aromatic heterocycles. The third kappa shape index (κ3) is 6.05. The molecule has 2 nitrogen and oxygen atoms in total. The number of nitrogens with two attached hydrogens (primary N) is 2. The maximum atomic E-state index is 5.59. The summed E-state index contributed by atoms with van der Waals surface area (Å²) in [5.41, 5.74) is 11.0. The lowest BCUT2D eigenvalue weighted by atomic mass is 10.0. The highest BCUT2D eigenvalue weighted by atomic mass is 14.6. The van der Waals surface area contributed by atoms with Crippen LogP contribution in [-0.4, -0.2) is 12.6 Å². The van der Waals surface area contributed by atoms with Gasteiger partial charge < -0.3 is 11.5 Å². The van der Waals surface area contributed by atoms with Crippen LogP contribution in [0.25, 0.3) is 0 Å². The zero-order valence-electron chi connectivity index (χ0n) is 7.14. The van der Waals surface area contributed by atoms with E-state index in [1.54, 1.807) is 0 Å². The molecular formula is C8H20N2. The summed E-state index contributed by atoms with van der Waals surface area (Å²) >= 11 is 0. The fourth-order valence-corrected chi connectivity index (χ4v) is 0.906. The van der Waals surface area contributed by atoms with E-state index >= 15 is 0 Å². The average molecular weight is 144 g/mol. The molecule has 10 heavy (non-hydrogen) atoms. The number of hydrogen-bond acceptors (Lipinski definition) is 2. The average Bonchev–Trinajstić information content (AvgIpc) is 1.87. The summed E-state index contributed by atoms with van der Waals surface area (Å²) in [5.74, 6) is 0.666. The van der Waals surface area contributed by atoms with E-state index in [1.807, 2.05) is 6.92 Å². The molecule has 62 valence electrons. The van der Waals surface area contributed by atoms with Crippen molar-refractivity contribution in [3.63, 3.8) is 0 Å². The van der Waals surface area contributed by atoms with E-state index in [2.05, 4.69) is 6.92 Å². The van der Waals surface area contributed by atoms with Gasteiger partial charge in [0.25, 0.3) is 0 Å². The van der Waals surface area contributed by atoms with Gasteiger partial charge in [-0.05, 0) is 32.2 Å². The Balaban J connectivity index is 3.03. The monoisotopic (exact) mass is 144 g/mol.